The van der Waals surface area contributed by atoms with Gasteiger partial charge in [0, 0.05) is 50.9 Å². The van der Waals surface area contributed by atoms with Gasteiger partial charge in [0.05, 0.1) is 0 Å². The van der Waals surface area contributed by atoms with Gasteiger partial charge in [0.2, 0.25) is 0 Å². The van der Waals surface area contributed by atoms with Crippen molar-refractivity contribution in [2.24, 2.45) is 0 Å². The summed E-state index contributed by atoms with van der Waals surface area (Å²) in [7, 11) is 3.39. The summed E-state index contributed by atoms with van der Waals surface area (Å²) >= 11 is 0. The molecule has 7 heteroatoms. The lowest BCUT2D eigenvalue weighted by atomic mass is 10.1. The molecule has 0 radical (unpaired) electrons. The van der Waals surface area contributed by atoms with Crippen LogP contribution < -0.4 is 4.74 Å². The van der Waals surface area contributed by atoms with Crippen LogP contribution in [0.25, 0.3) is 0 Å². The lowest BCUT2D eigenvalue weighted by Gasteiger charge is -2.40. The number of amides is 3. The molecule has 1 aliphatic heterocycles. The highest BCUT2D eigenvalue weighted by atomic mass is 16.5. The number of ether oxygens (including phenoxy) is 1. The Labute approximate surface area is 183 Å². The zero-order chi connectivity index (χ0) is 22.5. The van der Waals surface area contributed by atoms with Gasteiger partial charge in [-0.3, -0.25) is 14.4 Å². The van der Waals surface area contributed by atoms with Crippen LogP contribution in [0.1, 0.15) is 34.6 Å². The number of nitrogens with zero attached hydrogens (tertiary/aromatic N) is 3. The molecule has 0 N–H and O–H groups in total. The molecular weight excluding hydrogens is 394 g/mol. The molecule has 0 saturated carbocycles. The largest absolute Gasteiger partial charge is 0.481 e. The second-order valence-electron chi connectivity index (χ2n) is 7.98. The van der Waals surface area contributed by atoms with E-state index in [4.69, 9.17) is 4.74 Å². The highest BCUT2D eigenvalue weighted by Crippen LogP contribution is 2.18. The highest BCUT2D eigenvalue weighted by molar-refractivity contribution is 5.94. The molecule has 31 heavy (non-hydrogen) atoms. The monoisotopic (exact) mass is 423 g/mol. The summed E-state index contributed by atoms with van der Waals surface area (Å²) in [5, 5.41) is 0. The number of piperazine rings is 1. The summed E-state index contributed by atoms with van der Waals surface area (Å²) in [5.41, 5.74) is 1.21. The maximum atomic E-state index is 13.0. The topological polar surface area (TPSA) is 70.2 Å². The smallest absolute Gasteiger partial charge is 0.263 e. The quantitative estimate of drug-likeness (QED) is 0.741. The normalized spacial score (nSPS) is 17.1. The van der Waals surface area contributed by atoms with Crippen molar-refractivity contribution in [3.05, 3.63) is 65.7 Å². The lowest BCUT2D eigenvalue weighted by Crippen LogP contribution is -2.57. The first-order chi connectivity index (χ1) is 14.8. The van der Waals surface area contributed by atoms with E-state index >= 15 is 0 Å². The van der Waals surface area contributed by atoms with Crippen molar-refractivity contribution in [1.29, 1.82) is 0 Å². The van der Waals surface area contributed by atoms with Crippen LogP contribution in [0.15, 0.2) is 54.6 Å². The Hall–Kier alpha value is -3.35. The van der Waals surface area contributed by atoms with E-state index in [2.05, 4.69) is 0 Å². The number of rotatable bonds is 5. The summed E-state index contributed by atoms with van der Waals surface area (Å²) in [6, 6.07) is 15.8. The zero-order valence-electron chi connectivity index (χ0n) is 18.4. The van der Waals surface area contributed by atoms with Crippen LogP contribution in [0.2, 0.25) is 0 Å². The Morgan fingerprint density at radius 1 is 0.968 bits per heavy atom. The fourth-order valence-corrected chi connectivity index (χ4v) is 3.66. The van der Waals surface area contributed by atoms with Gasteiger partial charge in [-0.15, -0.1) is 0 Å². The van der Waals surface area contributed by atoms with Crippen LogP contribution in [0, 0.1) is 0 Å². The second-order valence-corrected chi connectivity index (χ2v) is 7.98. The maximum absolute atomic E-state index is 13.0. The van der Waals surface area contributed by atoms with Gasteiger partial charge in [0.1, 0.15) is 5.75 Å². The van der Waals surface area contributed by atoms with Crippen molar-refractivity contribution in [1.82, 2.24) is 14.7 Å². The van der Waals surface area contributed by atoms with Crippen molar-refractivity contribution >= 4 is 17.7 Å². The van der Waals surface area contributed by atoms with Gasteiger partial charge >= 0.3 is 0 Å². The SMILES string of the molecule is CC(Oc1ccc(C(=O)N(C)C)cc1)C(=O)N1CCN(C(=O)c2ccccc2)C[C@H]1C. The van der Waals surface area contributed by atoms with E-state index in [0.29, 0.717) is 36.5 Å². The highest BCUT2D eigenvalue weighted by Gasteiger charge is 2.33. The van der Waals surface area contributed by atoms with Gasteiger partial charge in [-0.05, 0) is 50.2 Å². The van der Waals surface area contributed by atoms with E-state index in [0.717, 1.165) is 0 Å². The van der Waals surface area contributed by atoms with Crippen molar-refractivity contribution in [2.45, 2.75) is 26.0 Å². The average Bonchev–Trinajstić information content (AvgIpc) is 2.78. The minimum Gasteiger partial charge on any atom is -0.481 e. The van der Waals surface area contributed by atoms with Crippen LogP contribution in [0.5, 0.6) is 5.75 Å². The molecule has 3 amide bonds. The Morgan fingerprint density at radius 3 is 2.19 bits per heavy atom. The molecule has 1 saturated heterocycles. The molecular formula is C24H29N3O4. The maximum Gasteiger partial charge on any atom is 0.263 e. The molecule has 0 aliphatic carbocycles. The Bertz CT molecular complexity index is 928. The number of carbonyl (C=O) groups is 3. The van der Waals surface area contributed by atoms with Crippen molar-refractivity contribution in [3.63, 3.8) is 0 Å². The van der Waals surface area contributed by atoms with Gasteiger partial charge in [0.25, 0.3) is 17.7 Å². The first-order valence-corrected chi connectivity index (χ1v) is 10.4. The molecule has 1 fully saturated rings. The molecule has 2 aromatic carbocycles. The van der Waals surface area contributed by atoms with Gasteiger partial charge in [0.15, 0.2) is 6.10 Å². The number of carbonyl (C=O) groups excluding carboxylic acids is 3. The average molecular weight is 424 g/mol. The van der Waals surface area contributed by atoms with Gasteiger partial charge < -0.3 is 19.4 Å². The molecule has 0 aromatic heterocycles. The first-order valence-electron chi connectivity index (χ1n) is 10.4. The minimum absolute atomic E-state index is 0.0174. The standard InChI is InChI=1S/C24H29N3O4/c1-17-16-26(24(30)19-8-6-5-7-9-19)14-15-27(17)22(28)18(2)31-21-12-10-20(11-13-21)23(29)25(3)4/h5-13,17-18H,14-16H2,1-4H3/t17-,18?/m1/s1. The van der Waals surface area contributed by atoms with Crippen LogP contribution >= 0.6 is 0 Å². The second kappa shape index (κ2) is 9.64. The van der Waals surface area contributed by atoms with Gasteiger partial charge in [-0.2, -0.15) is 0 Å². The summed E-state index contributed by atoms with van der Waals surface area (Å²) in [6.07, 6.45) is -0.672. The summed E-state index contributed by atoms with van der Waals surface area (Å²) in [5.74, 6) is 0.304. The molecule has 7 nitrogen and oxygen atoms in total. The van der Waals surface area contributed by atoms with Crippen LogP contribution in [-0.4, -0.2) is 78.3 Å². The molecule has 1 unspecified atom stereocenters. The Morgan fingerprint density at radius 2 is 1.61 bits per heavy atom. The summed E-state index contributed by atoms with van der Waals surface area (Å²) < 4.78 is 5.82. The van der Waals surface area contributed by atoms with E-state index < -0.39 is 6.10 Å². The van der Waals surface area contributed by atoms with Crippen LogP contribution in [0.4, 0.5) is 0 Å². The third-order valence-corrected chi connectivity index (χ3v) is 5.39. The summed E-state index contributed by atoms with van der Waals surface area (Å²) in [4.78, 5) is 42.7. The molecule has 2 aromatic rings. The number of hydrogen-bond acceptors (Lipinski definition) is 4. The fraction of sp³-hybridized carbons (Fsp3) is 0.375. The predicted octanol–water partition coefficient (Wildman–Crippen LogP) is 2.53. The van der Waals surface area contributed by atoms with Crippen molar-refractivity contribution in [3.8, 4) is 5.75 Å². The fourth-order valence-electron chi connectivity index (χ4n) is 3.66. The third-order valence-electron chi connectivity index (χ3n) is 5.39. The van der Waals surface area contributed by atoms with Crippen LogP contribution in [0.3, 0.4) is 0 Å². The Balaban J connectivity index is 1.57. The summed E-state index contributed by atoms with van der Waals surface area (Å²) in [6.45, 7) is 5.08. The number of benzene rings is 2. The zero-order valence-corrected chi connectivity index (χ0v) is 18.4. The number of hydrogen-bond donors (Lipinski definition) is 0. The predicted molar refractivity (Wildman–Crippen MR) is 118 cm³/mol. The van der Waals surface area contributed by atoms with E-state index in [1.165, 1.54) is 4.90 Å². The molecule has 3 rings (SSSR count). The van der Waals surface area contributed by atoms with Crippen molar-refractivity contribution < 1.29 is 19.1 Å². The molecule has 2 atom stereocenters. The molecule has 1 heterocycles. The van der Waals surface area contributed by atoms with E-state index in [1.807, 2.05) is 25.1 Å². The van der Waals surface area contributed by atoms with Crippen LogP contribution in [-0.2, 0) is 4.79 Å². The molecule has 0 spiro atoms. The molecule has 1 aliphatic rings. The lowest BCUT2D eigenvalue weighted by molar-refractivity contribution is -0.142. The van der Waals surface area contributed by atoms with Gasteiger partial charge in [-0.25, -0.2) is 0 Å². The third kappa shape index (κ3) is 5.23. The van der Waals surface area contributed by atoms with Crippen molar-refractivity contribution in [2.75, 3.05) is 33.7 Å². The van der Waals surface area contributed by atoms with E-state index in [9.17, 15) is 14.4 Å². The van der Waals surface area contributed by atoms with E-state index in [1.54, 1.807) is 67.2 Å². The molecule has 164 valence electrons. The Kier molecular flexibility index (Phi) is 6.95. The molecule has 0 bridgehead atoms. The van der Waals surface area contributed by atoms with Gasteiger partial charge in [-0.1, -0.05) is 18.2 Å². The minimum atomic E-state index is -0.672. The van der Waals surface area contributed by atoms with E-state index in [-0.39, 0.29) is 23.8 Å². The first kappa shape index (κ1) is 22.3.